The van der Waals surface area contributed by atoms with Gasteiger partial charge in [0.05, 0.1) is 23.3 Å². The molecule has 0 aliphatic carbocycles. The first kappa shape index (κ1) is 20.8. The Kier molecular flexibility index (Phi) is 4.88. The predicted octanol–water partition coefficient (Wildman–Crippen LogP) is 4.23. The Balaban J connectivity index is 1.28. The average Bonchev–Trinajstić information content (AvgIpc) is 3.52. The Morgan fingerprint density at radius 3 is 2.66 bits per heavy atom. The Morgan fingerprint density at radius 2 is 1.80 bits per heavy atom. The fourth-order valence-electron chi connectivity index (χ4n) is 4.41. The molecule has 3 amide bonds. The second-order valence-electron chi connectivity index (χ2n) is 8.39. The average molecular weight is 467 g/mol. The van der Waals surface area contributed by atoms with Crippen molar-refractivity contribution < 1.29 is 19.1 Å². The third-order valence-electron chi connectivity index (χ3n) is 6.16. The molecule has 0 saturated carbocycles. The molecule has 35 heavy (non-hydrogen) atoms. The quantitative estimate of drug-likeness (QED) is 0.358. The minimum absolute atomic E-state index is 0.222. The minimum atomic E-state index is -0.604. The zero-order valence-corrected chi connectivity index (χ0v) is 18.7. The zero-order valence-electron chi connectivity index (χ0n) is 18.7. The van der Waals surface area contributed by atoms with Gasteiger partial charge in [-0.3, -0.25) is 9.89 Å². The van der Waals surface area contributed by atoms with E-state index in [1.807, 2.05) is 54.6 Å². The number of benzene rings is 3. The van der Waals surface area contributed by atoms with Gasteiger partial charge < -0.3 is 25.4 Å². The number of amides is 3. The summed E-state index contributed by atoms with van der Waals surface area (Å²) in [5.41, 5.74) is 5.21. The van der Waals surface area contributed by atoms with E-state index in [0.29, 0.717) is 22.7 Å². The summed E-state index contributed by atoms with van der Waals surface area (Å²) in [5.74, 6) is 1.14. The van der Waals surface area contributed by atoms with E-state index in [4.69, 9.17) is 9.47 Å². The van der Waals surface area contributed by atoms with Crippen LogP contribution in [0.1, 0.15) is 18.5 Å². The summed E-state index contributed by atoms with van der Waals surface area (Å²) in [6.07, 6.45) is 1.70. The Bertz CT molecular complexity index is 1510. The van der Waals surface area contributed by atoms with Gasteiger partial charge in [0, 0.05) is 16.8 Å². The summed E-state index contributed by atoms with van der Waals surface area (Å²) in [4.78, 5) is 25.6. The number of allylic oxidation sites excluding steroid dienone is 1. The number of anilines is 1. The van der Waals surface area contributed by atoms with Crippen molar-refractivity contribution in [2.24, 2.45) is 0 Å². The molecule has 1 atom stereocenters. The summed E-state index contributed by atoms with van der Waals surface area (Å²) in [6, 6.07) is 18.1. The van der Waals surface area contributed by atoms with Gasteiger partial charge in [0.15, 0.2) is 11.5 Å². The number of fused-ring (bicyclic) bond motifs is 2. The highest BCUT2D eigenvalue weighted by Crippen LogP contribution is 2.36. The van der Waals surface area contributed by atoms with Gasteiger partial charge >= 0.3 is 6.03 Å². The molecule has 4 N–H and O–H groups in total. The van der Waals surface area contributed by atoms with Gasteiger partial charge in [-0.05, 0) is 53.9 Å². The molecular weight excluding hydrogens is 446 g/mol. The number of nitrogens with one attached hydrogen (secondary N) is 4. The molecule has 3 aromatic carbocycles. The second-order valence-corrected chi connectivity index (χ2v) is 8.39. The summed E-state index contributed by atoms with van der Waals surface area (Å²) in [5, 5.41) is 16.3. The van der Waals surface area contributed by atoms with Crippen molar-refractivity contribution >= 4 is 28.5 Å². The molecule has 6 rings (SSSR count). The number of aromatic amines is 1. The van der Waals surface area contributed by atoms with Crippen LogP contribution in [-0.2, 0) is 4.79 Å². The highest BCUT2D eigenvalue weighted by atomic mass is 16.7. The van der Waals surface area contributed by atoms with Crippen LogP contribution >= 0.6 is 0 Å². The molecule has 3 heterocycles. The van der Waals surface area contributed by atoms with Crippen molar-refractivity contribution in [3.05, 3.63) is 83.7 Å². The van der Waals surface area contributed by atoms with Crippen molar-refractivity contribution in [1.29, 1.82) is 0 Å². The van der Waals surface area contributed by atoms with E-state index in [-0.39, 0.29) is 18.7 Å². The Hall–Kier alpha value is -4.79. The normalized spacial score (nSPS) is 16.7. The maximum Gasteiger partial charge on any atom is 0.319 e. The number of nitrogens with zero attached hydrogens (tertiary/aromatic N) is 1. The minimum Gasteiger partial charge on any atom is -0.454 e. The van der Waals surface area contributed by atoms with Gasteiger partial charge in [-0.1, -0.05) is 30.3 Å². The molecule has 2 aliphatic rings. The van der Waals surface area contributed by atoms with Crippen molar-refractivity contribution in [3.63, 3.8) is 0 Å². The van der Waals surface area contributed by atoms with Gasteiger partial charge in [-0.15, -0.1) is 0 Å². The van der Waals surface area contributed by atoms with E-state index >= 15 is 0 Å². The molecule has 4 aromatic rings. The van der Waals surface area contributed by atoms with Gasteiger partial charge in [0.2, 0.25) is 6.79 Å². The van der Waals surface area contributed by atoms with Crippen LogP contribution in [0.4, 0.5) is 10.5 Å². The van der Waals surface area contributed by atoms with Crippen molar-refractivity contribution in [2.45, 2.75) is 13.0 Å². The first-order chi connectivity index (χ1) is 17.0. The number of hydrogen-bond acceptors (Lipinski definition) is 5. The summed E-state index contributed by atoms with van der Waals surface area (Å²) in [7, 11) is 0. The molecule has 9 heteroatoms. The lowest BCUT2D eigenvalue weighted by Gasteiger charge is -2.28. The smallest absolute Gasteiger partial charge is 0.319 e. The van der Waals surface area contributed by atoms with Crippen LogP contribution in [0.25, 0.3) is 22.0 Å². The number of aromatic nitrogens is 2. The van der Waals surface area contributed by atoms with Crippen LogP contribution in [-0.4, -0.2) is 28.9 Å². The first-order valence-electron chi connectivity index (χ1n) is 11.1. The number of ether oxygens (including phenoxy) is 2. The number of urea groups is 1. The lowest BCUT2D eigenvalue weighted by molar-refractivity contribution is -0.113. The predicted molar refractivity (Wildman–Crippen MR) is 130 cm³/mol. The van der Waals surface area contributed by atoms with Gasteiger partial charge in [-0.25, -0.2) is 4.79 Å². The molecule has 2 aliphatic heterocycles. The van der Waals surface area contributed by atoms with Crippen LogP contribution in [0.15, 0.2) is 78.1 Å². The highest BCUT2D eigenvalue weighted by Gasteiger charge is 2.31. The summed E-state index contributed by atoms with van der Waals surface area (Å²) >= 11 is 0. The van der Waals surface area contributed by atoms with Crippen LogP contribution in [0, 0.1) is 0 Å². The molecule has 174 valence electrons. The van der Waals surface area contributed by atoms with E-state index in [1.165, 1.54) is 0 Å². The van der Waals surface area contributed by atoms with Gasteiger partial charge in [-0.2, -0.15) is 5.10 Å². The molecule has 9 nitrogen and oxygen atoms in total. The maximum atomic E-state index is 13.3. The molecule has 1 aromatic heterocycles. The molecule has 0 radical (unpaired) electrons. The SMILES string of the molecule is CC1=C(C(=O)Nc2ccc3[nH]ncc3c2)C(c2ccc(-c3ccc4c(c3)OCO4)cc2)NC(=O)N1. The molecule has 1 unspecified atom stereocenters. The van der Waals surface area contributed by atoms with Crippen LogP contribution in [0.5, 0.6) is 11.5 Å². The van der Waals surface area contributed by atoms with E-state index in [0.717, 1.165) is 33.3 Å². The molecule has 0 spiro atoms. The standard InChI is InChI=1S/C26H21N5O4/c1-14-23(25(32)29-19-7-8-20-18(10-19)12-27-31-20)24(30-26(33)28-14)16-4-2-15(3-5-16)17-6-9-21-22(11-17)35-13-34-21/h2-12,24H,13H2,1H3,(H,27,31)(H,29,32)(H2,28,30,33). The van der Waals surface area contributed by atoms with Crippen molar-refractivity contribution in [1.82, 2.24) is 20.8 Å². The summed E-state index contributed by atoms with van der Waals surface area (Å²) < 4.78 is 10.9. The lowest BCUT2D eigenvalue weighted by Crippen LogP contribution is -2.45. The largest absolute Gasteiger partial charge is 0.454 e. The third-order valence-corrected chi connectivity index (χ3v) is 6.16. The number of carbonyl (C=O) groups is 2. The number of hydrogen-bond donors (Lipinski definition) is 4. The van der Waals surface area contributed by atoms with Crippen molar-refractivity contribution in [2.75, 3.05) is 12.1 Å². The molecule has 0 fully saturated rings. The fraction of sp³-hybridized carbons (Fsp3) is 0.115. The van der Waals surface area contributed by atoms with Crippen molar-refractivity contribution in [3.8, 4) is 22.6 Å². The third kappa shape index (κ3) is 3.82. The van der Waals surface area contributed by atoms with E-state index in [1.54, 1.807) is 19.2 Å². The van der Waals surface area contributed by atoms with E-state index < -0.39 is 6.04 Å². The van der Waals surface area contributed by atoms with Gasteiger partial charge in [0.1, 0.15) is 0 Å². The van der Waals surface area contributed by atoms with Gasteiger partial charge in [0.25, 0.3) is 5.91 Å². The molecular formula is C26H21N5O4. The first-order valence-corrected chi connectivity index (χ1v) is 11.1. The zero-order chi connectivity index (χ0) is 23.9. The van der Waals surface area contributed by atoms with E-state index in [2.05, 4.69) is 26.1 Å². The summed E-state index contributed by atoms with van der Waals surface area (Å²) in [6.45, 7) is 1.94. The Morgan fingerprint density at radius 1 is 1.00 bits per heavy atom. The molecule has 0 saturated heterocycles. The van der Waals surface area contributed by atoms with Crippen LogP contribution in [0.3, 0.4) is 0 Å². The van der Waals surface area contributed by atoms with Crippen LogP contribution in [0.2, 0.25) is 0 Å². The monoisotopic (exact) mass is 467 g/mol. The second kappa shape index (κ2) is 8.21. The number of H-pyrrole nitrogens is 1. The highest BCUT2D eigenvalue weighted by molar-refractivity contribution is 6.07. The molecule has 0 bridgehead atoms. The fourth-order valence-corrected chi connectivity index (χ4v) is 4.41. The number of rotatable bonds is 4. The van der Waals surface area contributed by atoms with Crippen LogP contribution < -0.4 is 25.4 Å². The van der Waals surface area contributed by atoms with E-state index in [9.17, 15) is 9.59 Å². The Labute approximate surface area is 200 Å². The maximum absolute atomic E-state index is 13.3. The topological polar surface area (TPSA) is 117 Å². The number of carbonyl (C=O) groups excluding carboxylic acids is 2. The lowest BCUT2D eigenvalue weighted by atomic mass is 9.93.